The lowest BCUT2D eigenvalue weighted by atomic mass is 10.3. The highest BCUT2D eigenvalue weighted by Crippen LogP contribution is 2.32. The maximum absolute atomic E-state index is 9.61. The molecule has 1 N–H and O–H groups in total. The lowest BCUT2D eigenvalue weighted by Crippen LogP contribution is -1.86. The summed E-state index contributed by atoms with van der Waals surface area (Å²) in [6.45, 7) is 0. The normalized spacial score (nSPS) is 10.5. The largest absolute Gasteiger partial charge is 0.507 e. The number of hydrogen-bond acceptors (Lipinski definition) is 3. The summed E-state index contributed by atoms with van der Waals surface area (Å²) in [6.07, 6.45) is 0. The van der Waals surface area contributed by atoms with E-state index in [0.29, 0.717) is 16.1 Å². The average Bonchev–Trinajstić information content (AvgIpc) is 2.30. The first kappa shape index (κ1) is 12.6. The zero-order valence-corrected chi connectivity index (χ0v) is 11.1. The number of thioether (sulfide) groups is 1. The second-order valence-corrected chi connectivity index (χ2v) is 5.10. The Bertz CT molecular complexity index is 534. The molecule has 0 amide bonds. The number of rotatable bonds is 3. The number of halogens is 2. The topological polar surface area (TPSA) is 33.1 Å². The van der Waals surface area contributed by atoms with E-state index in [1.54, 1.807) is 18.2 Å². The zero-order valence-electron chi connectivity index (χ0n) is 8.73. The third-order valence-electron chi connectivity index (χ3n) is 2.14. The lowest BCUT2D eigenvalue weighted by molar-refractivity contribution is 0.462. The molecule has 0 aliphatic heterocycles. The molecule has 0 atom stereocenters. The maximum atomic E-state index is 9.61. The molecule has 1 aromatic heterocycles. The quantitative estimate of drug-likeness (QED) is 0.671. The Morgan fingerprint density at radius 3 is 2.59 bits per heavy atom. The number of benzene rings is 1. The fraction of sp³-hybridized carbons (Fsp3) is 0.0833. The number of hydrogen-bond donors (Lipinski definition) is 1. The van der Waals surface area contributed by atoms with E-state index in [0.717, 1.165) is 10.5 Å². The summed E-state index contributed by atoms with van der Waals surface area (Å²) in [4.78, 5) is 4.78. The Labute approximate surface area is 114 Å². The van der Waals surface area contributed by atoms with Crippen molar-refractivity contribution in [3.63, 3.8) is 0 Å². The van der Waals surface area contributed by atoms with E-state index in [-0.39, 0.29) is 5.75 Å². The van der Waals surface area contributed by atoms with Crippen LogP contribution in [0.25, 0.3) is 0 Å². The van der Waals surface area contributed by atoms with Crippen LogP contribution in [0.5, 0.6) is 5.75 Å². The molecule has 1 aromatic carbocycles. The van der Waals surface area contributed by atoms with Crippen LogP contribution in [-0.4, -0.2) is 10.1 Å². The van der Waals surface area contributed by atoms with Gasteiger partial charge in [-0.05, 0) is 23.8 Å². The van der Waals surface area contributed by atoms with E-state index in [1.165, 1.54) is 11.8 Å². The molecule has 1 heterocycles. The number of nitrogens with zero attached hydrogens (tertiary/aromatic N) is 1. The molecule has 2 nitrogen and oxygen atoms in total. The zero-order chi connectivity index (χ0) is 12.3. The van der Waals surface area contributed by atoms with Crippen molar-refractivity contribution in [3.05, 3.63) is 52.3 Å². The van der Waals surface area contributed by atoms with E-state index in [1.807, 2.05) is 18.2 Å². The van der Waals surface area contributed by atoms with Gasteiger partial charge in [0, 0.05) is 10.6 Å². The molecule has 0 saturated carbocycles. The van der Waals surface area contributed by atoms with Crippen molar-refractivity contribution in [2.24, 2.45) is 0 Å². The lowest BCUT2D eigenvalue weighted by Gasteiger charge is -2.05. The van der Waals surface area contributed by atoms with Crippen molar-refractivity contribution in [2.45, 2.75) is 10.6 Å². The third kappa shape index (κ3) is 3.28. The van der Waals surface area contributed by atoms with Crippen LogP contribution >= 0.6 is 35.0 Å². The molecule has 2 rings (SSSR count). The SMILES string of the molecule is Oc1ccccc1SCc1ccc(Cl)nc1Cl. The Morgan fingerprint density at radius 2 is 1.88 bits per heavy atom. The van der Waals surface area contributed by atoms with Gasteiger partial charge in [0.05, 0.1) is 0 Å². The van der Waals surface area contributed by atoms with Gasteiger partial charge in [0.15, 0.2) is 0 Å². The molecule has 0 saturated heterocycles. The smallest absolute Gasteiger partial charge is 0.134 e. The van der Waals surface area contributed by atoms with E-state index in [2.05, 4.69) is 4.98 Å². The van der Waals surface area contributed by atoms with Gasteiger partial charge in [-0.15, -0.1) is 11.8 Å². The minimum Gasteiger partial charge on any atom is -0.507 e. The van der Waals surface area contributed by atoms with E-state index in [9.17, 15) is 5.11 Å². The van der Waals surface area contributed by atoms with Crippen LogP contribution in [0.2, 0.25) is 10.3 Å². The Balaban J connectivity index is 2.10. The van der Waals surface area contributed by atoms with E-state index < -0.39 is 0 Å². The van der Waals surface area contributed by atoms with Crippen molar-refractivity contribution in [3.8, 4) is 5.75 Å². The maximum Gasteiger partial charge on any atom is 0.134 e. The van der Waals surface area contributed by atoms with Gasteiger partial charge in [0.2, 0.25) is 0 Å². The number of phenols is 1. The second kappa shape index (κ2) is 5.63. The molecule has 0 unspecified atom stereocenters. The fourth-order valence-electron chi connectivity index (χ4n) is 1.28. The molecule has 88 valence electrons. The van der Waals surface area contributed by atoms with Crippen LogP contribution in [0, 0.1) is 0 Å². The van der Waals surface area contributed by atoms with E-state index >= 15 is 0 Å². The van der Waals surface area contributed by atoms with Crippen molar-refractivity contribution in [1.82, 2.24) is 4.98 Å². The summed E-state index contributed by atoms with van der Waals surface area (Å²) < 4.78 is 0. The third-order valence-corrected chi connectivity index (χ3v) is 3.79. The number of aromatic hydroxyl groups is 1. The van der Waals surface area contributed by atoms with Crippen molar-refractivity contribution in [1.29, 1.82) is 0 Å². The van der Waals surface area contributed by atoms with Gasteiger partial charge >= 0.3 is 0 Å². The Kier molecular flexibility index (Phi) is 4.15. The first-order chi connectivity index (χ1) is 8.16. The Morgan fingerprint density at radius 1 is 1.12 bits per heavy atom. The van der Waals surface area contributed by atoms with Gasteiger partial charge < -0.3 is 5.11 Å². The molecule has 17 heavy (non-hydrogen) atoms. The summed E-state index contributed by atoms with van der Waals surface area (Å²) in [5.41, 5.74) is 0.893. The van der Waals surface area contributed by atoms with Gasteiger partial charge in [-0.25, -0.2) is 4.98 Å². The summed E-state index contributed by atoms with van der Waals surface area (Å²) >= 11 is 13.2. The van der Waals surface area contributed by atoms with Gasteiger partial charge in [-0.1, -0.05) is 41.4 Å². The van der Waals surface area contributed by atoms with Crippen LogP contribution in [0.1, 0.15) is 5.56 Å². The molecule has 0 aliphatic rings. The van der Waals surface area contributed by atoms with Gasteiger partial charge in [-0.3, -0.25) is 0 Å². The van der Waals surface area contributed by atoms with Crippen molar-refractivity contribution in [2.75, 3.05) is 0 Å². The van der Waals surface area contributed by atoms with Crippen LogP contribution in [0.15, 0.2) is 41.3 Å². The van der Waals surface area contributed by atoms with Crippen LogP contribution in [0.3, 0.4) is 0 Å². The minimum absolute atomic E-state index is 0.274. The second-order valence-electron chi connectivity index (χ2n) is 3.34. The standard InChI is InChI=1S/C12H9Cl2NOS/c13-11-6-5-8(12(14)15-11)7-17-10-4-2-1-3-9(10)16/h1-6,16H,7H2. The first-order valence-electron chi connectivity index (χ1n) is 4.88. The number of pyridine rings is 1. The highest BCUT2D eigenvalue weighted by Gasteiger charge is 2.05. The molecule has 0 radical (unpaired) electrons. The predicted molar refractivity (Wildman–Crippen MR) is 71.9 cm³/mol. The average molecular weight is 286 g/mol. The highest BCUT2D eigenvalue weighted by atomic mass is 35.5. The molecular formula is C12H9Cl2NOS. The summed E-state index contributed by atoms with van der Waals surface area (Å²) in [6, 6.07) is 10.7. The van der Waals surface area contributed by atoms with Crippen LogP contribution in [-0.2, 0) is 5.75 Å². The number of para-hydroxylation sites is 1. The monoisotopic (exact) mass is 285 g/mol. The first-order valence-corrected chi connectivity index (χ1v) is 6.62. The van der Waals surface area contributed by atoms with Gasteiger partial charge in [0.1, 0.15) is 16.1 Å². The summed E-state index contributed by atoms with van der Waals surface area (Å²) in [5, 5.41) is 10.4. The summed E-state index contributed by atoms with van der Waals surface area (Å²) in [5.74, 6) is 0.913. The number of aromatic nitrogens is 1. The molecule has 0 bridgehead atoms. The molecule has 5 heteroatoms. The molecular weight excluding hydrogens is 277 g/mol. The van der Waals surface area contributed by atoms with Crippen molar-refractivity contribution >= 4 is 35.0 Å². The molecule has 0 aliphatic carbocycles. The Hall–Kier alpha value is -0.900. The highest BCUT2D eigenvalue weighted by molar-refractivity contribution is 7.98. The number of phenolic OH excluding ortho intramolecular Hbond substituents is 1. The summed E-state index contributed by atoms with van der Waals surface area (Å²) in [7, 11) is 0. The van der Waals surface area contributed by atoms with Crippen molar-refractivity contribution < 1.29 is 5.11 Å². The molecule has 2 aromatic rings. The predicted octanol–water partition coefficient (Wildman–Crippen LogP) is 4.39. The molecule has 0 spiro atoms. The fourth-order valence-corrected chi connectivity index (χ4v) is 2.71. The molecule has 0 fully saturated rings. The van der Waals surface area contributed by atoms with Gasteiger partial charge in [0.25, 0.3) is 0 Å². The van der Waals surface area contributed by atoms with E-state index in [4.69, 9.17) is 23.2 Å². The van der Waals surface area contributed by atoms with Gasteiger partial charge in [-0.2, -0.15) is 0 Å². The minimum atomic E-state index is 0.274. The van der Waals surface area contributed by atoms with Crippen LogP contribution < -0.4 is 0 Å². The van der Waals surface area contributed by atoms with Crippen LogP contribution in [0.4, 0.5) is 0 Å².